The van der Waals surface area contributed by atoms with Crippen LogP contribution < -0.4 is 5.32 Å². The molecule has 0 bridgehead atoms. The van der Waals surface area contributed by atoms with Gasteiger partial charge in [0, 0.05) is 23.2 Å². The zero-order valence-corrected chi connectivity index (χ0v) is 13.0. The predicted octanol–water partition coefficient (Wildman–Crippen LogP) is 4.04. The summed E-state index contributed by atoms with van der Waals surface area (Å²) in [6.45, 7) is 0. The van der Waals surface area contributed by atoms with E-state index < -0.39 is 11.6 Å². The zero-order valence-electron chi connectivity index (χ0n) is 13.0. The summed E-state index contributed by atoms with van der Waals surface area (Å²) >= 11 is 0. The monoisotopic (exact) mass is 329 g/mol. The maximum Gasteiger partial charge on any atom is 0.183 e. The molecule has 0 unspecified atom stereocenters. The van der Waals surface area contributed by atoms with E-state index in [1.165, 1.54) is 12.5 Å². The van der Waals surface area contributed by atoms with Crippen LogP contribution in [0.3, 0.4) is 0 Å². The molecule has 3 aromatic rings. The summed E-state index contributed by atoms with van der Waals surface area (Å²) in [5.74, 6) is -0.376. The fourth-order valence-electron chi connectivity index (χ4n) is 3.20. The zero-order chi connectivity index (χ0) is 16.5. The normalized spacial score (nSPS) is 15.8. The highest BCUT2D eigenvalue weighted by Crippen LogP contribution is 2.28. The molecule has 0 aromatic carbocycles. The summed E-state index contributed by atoms with van der Waals surface area (Å²) in [6.07, 6.45) is 9.50. The van der Waals surface area contributed by atoms with Gasteiger partial charge >= 0.3 is 0 Å². The molecule has 3 aromatic heterocycles. The molecule has 0 radical (unpaired) electrons. The Morgan fingerprint density at radius 1 is 1.08 bits per heavy atom. The maximum atomic E-state index is 14.1. The van der Waals surface area contributed by atoms with Gasteiger partial charge in [-0.15, -0.1) is 0 Å². The summed E-state index contributed by atoms with van der Waals surface area (Å²) in [6, 6.07) is 1.60. The number of hydrogen-bond acceptors (Lipinski definition) is 4. The first-order valence-corrected chi connectivity index (χ1v) is 8.13. The van der Waals surface area contributed by atoms with Gasteiger partial charge in [0.15, 0.2) is 17.5 Å². The smallest absolute Gasteiger partial charge is 0.183 e. The number of aromatic nitrogens is 4. The van der Waals surface area contributed by atoms with E-state index in [4.69, 9.17) is 0 Å². The second kappa shape index (κ2) is 6.14. The van der Waals surface area contributed by atoms with Gasteiger partial charge in [0.2, 0.25) is 0 Å². The van der Waals surface area contributed by atoms with Gasteiger partial charge in [-0.05, 0) is 18.9 Å². The van der Waals surface area contributed by atoms with Crippen molar-refractivity contribution in [3.8, 4) is 11.4 Å². The molecule has 5 nitrogen and oxygen atoms in total. The summed E-state index contributed by atoms with van der Waals surface area (Å²) < 4.78 is 27.5. The quantitative estimate of drug-likeness (QED) is 0.761. The van der Waals surface area contributed by atoms with Gasteiger partial charge in [0.1, 0.15) is 11.5 Å². The lowest BCUT2D eigenvalue weighted by Crippen LogP contribution is -2.23. The van der Waals surface area contributed by atoms with E-state index >= 15 is 0 Å². The standard InChI is InChI=1S/C17H17F2N5/c18-10-6-12-13(8-21-15(12)20-7-10)16-22-9-14(19)17(24-16)23-11-4-2-1-3-5-11/h6-9,11H,1-5H2,(H,20,21)(H,22,23,24). The third-order valence-corrected chi connectivity index (χ3v) is 4.43. The van der Waals surface area contributed by atoms with E-state index in [0.717, 1.165) is 38.1 Å². The molecule has 0 saturated heterocycles. The van der Waals surface area contributed by atoms with Crippen LogP contribution in [0.25, 0.3) is 22.4 Å². The first-order chi connectivity index (χ1) is 11.7. The van der Waals surface area contributed by atoms with Crippen molar-refractivity contribution in [2.45, 2.75) is 38.1 Å². The molecule has 0 atom stereocenters. The molecule has 2 N–H and O–H groups in total. The van der Waals surface area contributed by atoms with Crippen LogP contribution in [0.1, 0.15) is 32.1 Å². The second-order valence-electron chi connectivity index (χ2n) is 6.12. The lowest BCUT2D eigenvalue weighted by Gasteiger charge is -2.23. The fraction of sp³-hybridized carbons (Fsp3) is 0.353. The topological polar surface area (TPSA) is 66.5 Å². The molecule has 0 spiro atoms. The third-order valence-electron chi connectivity index (χ3n) is 4.43. The Morgan fingerprint density at radius 3 is 2.75 bits per heavy atom. The highest BCUT2D eigenvalue weighted by atomic mass is 19.1. The van der Waals surface area contributed by atoms with Gasteiger partial charge in [-0.3, -0.25) is 0 Å². The predicted molar refractivity (Wildman–Crippen MR) is 87.5 cm³/mol. The summed E-state index contributed by atoms with van der Waals surface area (Å²) in [4.78, 5) is 15.3. The molecule has 1 aliphatic carbocycles. The summed E-state index contributed by atoms with van der Waals surface area (Å²) in [7, 11) is 0. The van der Waals surface area contributed by atoms with Crippen LogP contribution >= 0.6 is 0 Å². The van der Waals surface area contributed by atoms with E-state index in [2.05, 4.69) is 25.3 Å². The second-order valence-corrected chi connectivity index (χ2v) is 6.12. The molecular weight excluding hydrogens is 312 g/mol. The minimum Gasteiger partial charge on any atom is -0.365 e. The minimum absolute atomic E-state index is 0.200. The molecule has 124 valence electrons. The van der Waals surface area contributed by atoms with Crippen LogP contribution in [-0.2, 0) is 0 Å². The largest absolute Gasteiger partial charge is 0.365 e. The van der Waals surface area contributed by atoms with Gasteiger partial charge in [0.05, 0.1) is 12.4 Å². The number of pyridine rings is 1. The number of H-pyrrole nitrogens is 1. The van der Waals surface area contributed by atoms with E-state index in [9.17, 15) is 8.78 Å². The van der Waals surface area contributed by atoms with Crippen LogP contribution in [0.5, 0.6) is 0 Å². The Balaban J connectivity index is 1.70. The Kier molecular flexibility index (Phi) is 3.84. The number of anilines is 1. The SMILES string of the molecule is Fc1cnc2[nH]cc(-c3ncc(F)c(NC4CCCCC4)n3)c2c1. The molecule has 3 heterocycles. The number of halogens is 2. The molecule has 0 amide bonds. The molecular formula is C17H17F2N5. The lowest BCUT2D eigenvalue weighted by molar-refractivity contribution is 0.459. The van der Waals surface area contributed by atoms with Crippen molar-refractivity contribution in [3.05, 3.63) is 36.3 Å². The fourth-order valence-corrected chi connectivity index (χ4v) is 3.20. The van der Waals surface area contributed by atoms with Gasteiger partial charge < -0.3 is 10.3 Å². The van der Waals surface area contributed by atoms with Crippen LogP contribution in [-0.4, -0.2) is 26.0 Å². The van der Waals surface area contributed by atoms with E-state index in [0.29, 0.717) is 22.4 Å². The number of fused-ring (bicyclic) bond motifs is 1. The number of nitrogens with zero attached hydrogens (tertiary/aromatic N) is 3. The molecule has 0 aliphatic heterocycles. The number of aromatic amines is 1. The van der Waals surface area contributed by atoms with Gasteiger partial charge in [-0.1, -0.05) is 19.3 Å². The Hall–Kier alpha value is -2.57. The number of nitrogens with one attached hydrogen (secondary N) is 2. The maximum absolute atomic E-state index is 14.1. The van der Waals surface area contributed by atoms with Gasteiger partial charge in [-0.25, -0.2) is 23.7 Å². The molecule has 1 aliphatic rings. The summed E-state index contributed by atoms with van der Waals surface area (Å²) in [5, 5.41) is 3.76. The molecule has 1 fully saturated rings. The van der Waals surface area contributed by atoms with Crippen molar-refractivity contribution < 1.29 is 8.78 Å². The average Bonchev–Trinajstić information content (AvgIpc) is 3.01. The van der Waals surface area contributed by atoms with Gasteiger partial charge in [0.25, 0.3) is 0 Å². The van der Waals surface area contributed by atoms with Crippen LogP contribution in [0, 0.1) is 11.6 Å². The minimum atomic E-state index is -0.478. The first-order valence-electron chi connectivity index (χ1n) is 8.13. The van der Waals surface area contributed by atoms with Crippen molar-refractivity contribution in [1.82, 2.24) is 19.9 Å². The van der Waals surface area contributed by atoms with E-state index in [1.54, 1.807) is 6.20 Å². The highest BCUT2D eigenvalue weighted by Gasteiger charge is 2.18. The van der Waals surface area contributed by atoms with Crippen molar-refractivity contribution in [2.75, 3.05) is 5.32 Å². The first kappa shape index (κ1) is 15.0. The average molecular weight is 329 g/mol. The highest BCUT2D eigenvalue weighted by molar-refractivity contribution is 5.91. The Labute approximate surface area is 137 Å². The number of hydrogen-bond donors (Lipinski definition) is 2. The third kappa shape index (κ3) is 2.81. The van der Waals surface area contributed by atoms with Crippen molar-refractivity contribution >= 4 is 16.9 Å². The van der Waals surface area contributed by atoms with Crippen LogP contribution in [0.15, 0.2) is 24.7 Å². The lowest BCUT2D eigenvalue weighted by atomic mass is 9.95. The molecule has 24 heavy (non-hydrogen) atoms. The van der Waals surface area contributed by atoms with Crippen molar-refractivity contribution in [3.63, 3.8) is 0 Å². The Bertz CT molecular complexity index is 871. The number of rotatable bonds is 3. The molecule has 4 rings (SSSR count). The molecule has 7 heteroatoms. The Morgan fingerprint density at radius 2 is 1.92 bits per heavy atom. The van der Waals surface area contributed by atoms with Gasteiger partial charge in [-0.2, -0.15) is 0 Å². The van der Waals surface area contributed by atoms with Crippen LogP contribution in [0.4, 0.5) is 14.6 Å². The molecule has 1 saturated carbocycles. The van der Waals surface area contributed by atoms with Crippen molar-refractivity contribution in [2.24, 2.45) is 0 Å². The van der Waals surface area contributed by atoms with E-state index in [-0.39, 0.29) is 11.9 Å². The summed E-state index contributed by atoms with van der Waals surface area (Å²) in [5.41, 5.74) is 1.14. The van der Waals surface area contributed by atoms with Crippen molar-refractivity contribution in [1.29, 1.82) is 0 Å². The van der Waals surface area contributed by atoms with E-state index in [1.807, 2.05) is 0 Å². The van der Waals surface area contributed by atoms with Crippen LogP contribution in [0.2, 0.25) is 0 Å².